The smallest absolute Gasteiger partial charge is 0.0892 e. The zero-order valence-corrected chi connectivity index (χ0v) is 22.1. The Labute approximate surface area is 198 Å². The molecule has 0 amide bonds. The Morgan fingerprint density at radius 2 is 1.50 bits per heavy atom. The number of aliphatic hydroxyl groups is 1. The van der Waals surface area contributed by atoms with Gasteiger partial charge in [-0.15, -0.1) is 0 Å². The van der Waals surface area contributed by atoms with Crippen molar-refractivity contribution in [1.82, 2.24) is 0 Å². The predicted molar refractivity (Wildman–Crippen MR) is 132 cm³/mol. The second kappa shape index (κ2) is 7.09. The highest BCUT2D eigenvalue weighted by Gasteiger charge is 2.68. The van der Waals surface area contributed by atoms with Crippen LogP contribution in [0.25, 0.3) is 0 Å². The maximum absolute atomic E-state index is 10.9. The van der Waals surface area contributed by atoms with Crippen LogP contribution < -0.4 is 0 Å². The third kappa shape index (κ3) is 3.03. The molecule has 4 saturated carbocycles. The van der Waals surface area contributed by atoms with Crippen molar-refractivity contribution in [3.8, 4) is 0 Å². The van der Waals surface area contributed by atoms with E-state index in [4.69, 9.17) is 4.74 Å². The standard InChI is InChI=1S/C30H50O2/c1-19(9-12-25-27(4,5)32-25)20-13-17-29(7)21(20)10-11-23-28(6)16-15-24(31)26(2,3)22(28)14-18-30(23,29)8/h20-25,31H,1,9-18H2,2-8H3/t20-,21-,22-,23-,24+,25-,28+,29-,30-/m1/s1. The van der Waals surface area contributed by atoms with E-state index >= 15 is 0 Å². The van der Waals surface area contributed by atoms with Gasteiger partial charge in [0.05, 0.1) is 17.8 Å². The molecule has 182 valence electrons. The summed E-state index contributed by atoms with van der Waals surface area (Å²) in [5, 5.41) is 10.9. The Morgan fingerprint density at radius 3 is 2.16 bits per heavy atom. The molecule has 0 unspecified atom stereocenters. The molecule has 0 aromatic heterocycles. The maximum Gasteiger partial charge on any atom is 0.0892 e. The van der Waals surface area contributed by atoms with E-state index in [1.807, 2.05) is 0 Å². The molecule has 32 heavy (non-hydrogen) atoms. The minimum atomic E-state index is -0.128. The van der Waals surface area contributed by atoms with Crippen LogP contribution >= 0.6 is 0 Å². The SMILES string of the molecule is C=C(CC[C@H]1OC1(C)C)[C@H]1CC[C@]2(C)[C@@H]1CC[C@@H]1[C@@]3(C)CC[C@H](O)C(C)(C)[C@H]3CC[C@]12C. The summed E-state index contributed by atoms with van der Waals surface area (Å²) in [4.78, 5) is 0. The van der Waals surface area contributed by atoms with Crippen molar-refractivity contribution in [2.24, 2.45) is 45.3 Å². The van der Waals surface area contributed by atoms with Crippen LogP contribution in [0.15, 0.2) is 12.2 Å². The van der Waals surface area contributed by atoms with Gasteiger partial charge in [-0.3, -0.25) is 0 Å². The molecule has 2 heteroatoms. The first kappa shape index (κ1) is 23.4. The van der Waals surface area contributed by atoms with E-state index in [1.54, 1.807) is 0 Å². The molecule has 0 aromatic rings. The number of allylic oxidation sites excluding steroid dienone is 1. The minimum Gasteiger partial charge on any atom is -0.393 e. The summed E-state index contributed by atoms with van der Waals surface area (Å²) in [6.07, 6.45) is 13.0. The molecule has 4 aliphatic carbocycles. The van der Waals surface area contributed by atoms with Gasteiger partial charge in [0.2, 0.25) is 0 Å². The normalized spacial score (nSPS) is 53.1. The molecule has 0 bridgehead atoms. The van der Waals surface area contributed by atoms with Crippen LogP contribution in [0.1, 0.15) is 113 Å². The third-order valence-corrected chi connectivity index (χ3v) is 12.8. The van der Waals surface area contributed by atoms with Crippen LogP contribution in [-0.2, 0) is 4.74 Å². The van der Waals surface area contributed by atoms with Gasteiger partial charge in [0, 0.05) is 0 Å². The lowest BCUT2D eigenvalue weighted by molar-refractivity contribution is -0.220. The Hall–Kier alpha value is -0.340. The van der Waals surface area contributed by atoms with Gasteiger partial charge in [-0.1, -0.05) is 46.8 Å². The monoisotopic (exact) mass is 442 g/mol. The van der Waals surface area contributed by atoms with Crippen molar-refractivity contribution >= 4 is 0 Å². The number of fused-ring (bicyclic) bond motifs is 5. The van der Waals surface area contributed by atoms with E-state index in [1.165, 1.54) is 50.5 Å². The van der Waals surface area contributed by atoms with Gasteiger partial charge in [-0.05, 0) is 123 Å². The molecule has 1 N–H and O–H groups in total. The van der Waals surface area contributed by atoms with Gasteiger partial charge in [0.1, 0.15) is 0 Å². The summed E-state index contributed by atoms with van der Waals surface area (Å²) in [6.45, 7) is 21.8. The van der Waals surface area contributed by atoms with Crippen molar-refractivity contribution in [1.29, 1.82) is 0 Å². The molecule has 1 aliphatic heterocycles. The lowest BCUT2D eigenvalue weighted by Gasteiger charge is -2.69. The van der Waals surface area contributed by atoms with Crippen LogP contribution in [-0.4, -0.2) is 22.9 Å². The molecule has 0 spiro atoms. The quantitative estimate of drug-likeness (QED) is 0.360. The van der Waals surface area contributed by atoms with E-state index in [9.17, 15) is 5.11 Å². The fourth-order valence-electron chi connectivity index (χ4n) is 10.5. The van der Waals surface area contributed by atoms with E-state index < -0.39 is 0 Å². The van der Waals surface area contributed by atoms with Gasteiger partial charge in [0.25, 0.3) is 0 Å². The van der Waals surface area contributed by atoms with E-state index in [-0.39, 0.29) is 17.1 Å². The second-order valence-electron chi connectivity index (χ2n) is 14.6. The number of hydrogen-bond donors (Lipinski definition) is 1. The first-order valence-electron chi connectivity index (χ1n) is 13.8. The Morgan fingerprint density at radius 1 is 0.844 bits per heavy atom. The summed E-state index contributed by atoms with van der Waals surface area (Å²) in [5.74, 6) is 2.99. The average molecular weight is 443 g/mol. The van der Waals surface area contributed by atoms with E-state index in [0.29, 0.717) is 28.3 Å². The molecular formula is C30H50O2. The molecule has 0 aromatic carbocycles. The number of aliphatic hydroxyl groups excluding tert-OH is 1. The summed E-state index contributed by atoms with van der Waals surface area (Å²) in [6, 6.07) is 0. The zero-order valence-electron chi connectivity index (χ0n) is 22.1. The molecule has 1 heterocycles. The Bertz CT molecular complexity index is 782. The molecule has 5 fully saturated rings. The lowest BCUT2D eigenvalue weighted by Crippen LogP contribution is -2.63. The molecule has 9 atom stereocenters. The Balaban J connectivity index is 1.36. The first-order chi connectivity index (χ1) is 14.8. The van der Waals surface area contributed by atoms with Crippen LogP contribution in [0.4, 0.5) is 0 Å². The highest BCUT2D eigenvalue weighted by molar-refractivity contribution is 5.20. The topological polar surface area (TPSA) is 32.8 Å². The molecule has 5 aliphatic rings. The number of rotatable bonds is 4. The van der Waals surface area contributed by atoms with Crippen molar-refractivity contribution in [2.45, 2.75) is 130 Å². The van der Waals surface area contributed by atoms with Crippen LogP contribution in [0.3, 0.4) is 0 Å². The number of hydrogen-bond acceptors (Lipinski definition) is 2. The third-order valence-electron chi connectivity index (χ3n) is 12.8. The Kier molecular flexibility index (Phi) is 5.19. The zero-order chi connectivity index (χ0) is 23.3. The van der Waals surface area contributed by atoms with E-state index in [0.717, 1.165) is 37.0 Å². The van der Waals surface area contributed by atoms with Crippen molar-refractivity contribution < 1.29 is 9.84 Å². The van der Waals surface area contributed by atoms with Crippen LogP contribution in [0.5, 0.6) is 0 Å². The highest BCUT2D eigenvalue weighted by atomic mass is 16.6. The fraction of sp³-hybridized carbons (Fsp3) is 0.933. The molecule has 5 rings (SSSR count). The summed E-state index contributed by atoms with van der Waals surface area (Å²) in [7, 11) is 0. The van der Waals surface area contributed by atoms with E-state index in [2.05, 4.69) is 55.0 Å². The molecular weight excluding hydrogens is 392 g/mol. The van der Waals surface area contributed by atoms with Gasteiger partial charge >= 0.3 is 0 Å². The average Bonchev–Trinajstić information content (AvgIpc) is 3.15. The number of epoxide rings is 1. The summed E-state index contributed by atoms with van der Waals surface area (Å²) >= 11 is 0. The van der Waals surface area contributed by atoms with Crippen LogP contribution in [0, 0.1) is 45.3 Å². The van der Waals surface area contributed by atoms with Gasteiger partial charge in [-0.2, -0.15) is 0 Å². The van der Waals surface area contributed by atoms with Gasteiger partial charge < -0.3 is 9.84 Å². The highest BCUT2D eigenvalue weighted by Crippen LogP contribution is 2.75. The predicted octanol–water partition coefficient (Wildman–Crippen LogP) is 7.55. The number of ether oxygens (including phenoxy) is 1. The van der Waals surface area contributed by atoms with Crippen molar-refractivity contribution in [2.75, 3.05) is 0 Å². The van der Waals surface area contributed by atoms with Crippen molar-refractivity contribution in [3.05, 3.63) is 12.2 Å². The van der Waals surface area contributed by atoms with Crippen molar-refractivity contribution in [3.63, 3.8) is 0 Å². The lowest BCUT2D eigenvalue weighted by atomic mass is 9.35. The molecule has 0 radical (unpaired) electrons. The van der Waals surface area contributed by atoms with Gasteiger partial charge in [0.15, 0.2) is 0 Å². The van der Waals surface area contributed by atoms with Gasteiger partial charge in [-0.25, -0.2) is 0 Å². The largest absolute Gasteiger partial charge is 0.393 e. The summed E-state index contributed by atoms with van der Waals surface area (Å²) < 4.78 is 5.86. The molecule has 1 saturated heterocycles. The second-order valence-corrected chi connectivity index (χ2v) is 14.6. The molecule has 2 nitrogen and oxygen atoms in total. The summed E-state index contributed by atoms with van der Waals surface area (Å²) in [5.41, 5.74) is 2.92. The van der Waals surface area contributed by atoms with Crippen LogP contribution in [0.2, 0.25) is 0 Å². The first-order valence-corrected chi connectivity index (χ1v) is 13.8. The minimum absolute atomic E-state index is 0.0528. The maximum atomic E-state index is 10.9. The fourth-order valence-corrected chi connectivity index (χ4v) is 10.5.